The molecule has 0 radical (unpaired) electrons. The Labute approximate surface area is 130 Å². The van der Waals surface area contributed by atoms with Gasteiger partial charge in [0.15, 0.2) is 0 Å². The highest BCUT2D eigenvalue weighted by molar-refractivity contribution is 7.15. The number of hydrogen-bond acceptors (Lipinski definition) is 5. The molecule has 0 unspecified atom stereocenters. The van der Waals surface area contributed by atoms with Crippen LogP contribution in [-0.2, 0) is 4.79 Å². The lowest BCUT2D eigenvalue weighted by Gasteiger charge is -2.15. The van der Waals surface area contributed by atoms with E-state index in [-0.39, 0.29) is 5.91 Å². The minimum absolute atomic E-state index is 0.225. The number of nitrogens with zero attached hydrogens (tertiary/aromatic N) is 2. The molecule has 0 saturated heterocycles. The van der Waals surface area contributed by atoms with Gasteiger partial charge in [0, 0.05) is 5.02 Å². The van der Waals surface area contributed by atoms with E-state index < -0.39 is 6.04 Å². The van der Waals surface area contributed by atoms with Crippen molar-refractivity contribution in [2.45, 2.75) is 19.9 Å². The van der Waals surface area contributed by atoms with Crippen molar-refractivity contribution in [2.24, 2.45) is 0 Å². The second-order valence-electron chi connectivity index (χ2n) is 4.11. The molecule has 2 rings (SSSR count). The average molecular weight is 331 g/mol. The number of benzene rings is 1. The molecule has 0 saturated carbocycles. The number of aryl methyl sites for hydroxylation is 1. The number of hydrogen-bond donors (Lipinski definition) is 2. The van der Waals surface area contributed by atoms with Crippen molar-refractivity contribution in [3.05, 3.63) is 33.3 Å². The molecular weight excluding hydrogens is 319 g/mol. The molecule has 0 aliphatic rings. The Kier molecular flexibility index (Phi) is 4.80. The molecule has 0 aliphatic carbocycles. The standard InChI is InChI=1S/C12H12Cl2N4OS/c1-6(11(19)16-12-18-17-7(2)20-12)15-10-5-8(13)3-4-9(10)14/h3-6,15H,1-2H3,(H,16,18,19)/t6-/m1/s1. The third-order valence-corrected chi connectivity index (χ3v) is 3.77. The molecule has 1 heterocycles. The fourth-order valence-corrected chi connectivity index (χ4v) is 2.41. The SMILES string of the molecule is Cc1nnc(NC(=O)[C@@H](C)Nc2cc(Cl)ccc2Cl)s1. The average Bonchev–Trinajstić information content (AvgIpc) is 2.79. The molecule has 106 valence electrons. The molecule has 1 atom stereocenters. The summed E-state index contributed by atoms with van der Waals surface area (Å²) in [6, 6.07) is 4.53. The Balaban J connectivity index is 2.02. The van der Waals surface area contributed by atoms with Gasteiger partial charge in [-0.3, -0.25) is 10.1 Å². The van der Waals surface area contributed by atoms with Crippen LogP contribution >= 0.6 is 34.5 Å². The van der Waals surface area contributed by atoms with E-state index in [1.54, 1.807) is 25.1 Å². The van der Waals surface area contributed by atoms with Gasteiger partial charge in [-0.2, -0.15) is 0 Å². The summed E-state index contributed by atoms with van der Waals surface area (Å²) in [4.78, 5) is 12.0. The van der Waals surface area contributed by atoms with Crippen LogP contribution in [0.5, 0.6) is 0 Å². The third kappa shape index (κ3) is 3.82. The summed E-state index contributed by atoms with van der Waals surface area (Å²) >= 11 is 13.2. The highest BCUT2D eigenvalue weighted by Gasteiger charge is 2.16. The van der Waals surface area contributed by atoms with E-state index in [9.17, 15) is 4.79 Å². The predicted molar refractivity (Wildman–Crippen MR) is 82.8 cm³/mol. The molecule has 0 spiro atoms. The van der Waals surface area contributed by atoms with Crippen molar-refractivity contribution in [1.82, 2.24) is 10.2 Å². The van der Waals surface area contributed by atoms with Crippen molar-refractivity contribution in [3.63, 3.8) is 0 Å². The molecular formula is C12H12Cl2N4OS. The van der Waals surface area contributed by atoms with Gasteiger partial charge in [-0.1, -0.05) is 34.5 Å². The fourth-order valence-electron chi connectivity index (χ4n) is 1.47. The predicted octanol–water partition coefficient (Wildman–Crippen LogP) is 3.59. The maximum Gasteiger partial charge on any atom is 0.248 e. The Morgan fingerprint density at radius 2 is 2.10 bits per heavy atom. The van der Waals surface area contributed by atoms with Crippen molar-refractivity contribution in [2.75, 3.05) is 10.6 Å². The molecule has 0 fully saturated rings. The van der Waals surface area contributed by atoms with Crippen LogP contribution in [0.2, 0.25) is 10.0 Å². The van der Waals surface area contributed by atoms with Gasteiger partial charge in [0.25, 0.3) is 0 Å². The van der Waals surface area contributed by atoms with Crippen LogP contribution in [0.15, 0.2) is 18.2 Å². The van der Waals surface area contributed by atoms with Gasteiger partial charge in [-0.15, -0.1) is 10.2 Å². The number of anilines is 2. The maximum atomic E-state index is 12.0. The highest BCUT2D eigenvalue weighted by atomic mass is 35.5. The van der Waals surface area contributed by atoms with Gasteiger partial charge in [0.2, 0.25) is 11.0 Å². The summed E-state index contributed by atoms with van der Waals surface area (Å²) in [5.74, 6) is -0.225. The summed E-state index contributed by atoms with van der Waals surface area (Å²) in [6.45, 7) is 3.54. The molecule has 1 amide bonds. The van der Waals surface area contributed by atoms with Crippen LogP contribution in [-0.4, -0.2) is 22.1 Å². The smallest absolute Gasteiger partial charge is 0.248 e. The lowest BCUT2D eigenvalue weighted by Crippen LogP contribution is -2.31. The summed E-state index contributed by atoms with van der Waals surface area (Å²) < 4.78 is 0. The number of carbonyl (C=O) groups is 1. The topological polar surface area (TPSA) is 66.9 Å². The number of carbonyl (C=O) groups excluding carboxylic acids is 1. The summed E-state index contributed by atoms with van der Waals surface area (Å²) in [6.07, 6.45) is 0. The van der Waals surface area contributed by atoms with Crippen LogP contribution in [0.4, 0.5) is 10.8 Å². The molecule has 0 aliphatic heterocycles. The van der Waals surface area contributed by atoms with E-state index in [1.165, 1.54) is 11.3 Å². The summed E-state index contributed by atoms with van der Waals surface area (Å²) in [5, 5.41) is 15.7. The first-order valence-electron chi connectivity index (χ1n) is 5.78. The molecule has 0 bridgehead atoms. The van der Waals surface area contributed by atoms with Crippen LogP contribution in [0.25, 0.3) is 0 Å². The van der Waals surface area contributed by atoms with Crippen molar-refractivity contribution < 1.29 is 4.79 Å². The first kappa shape index (κ1) is 15.0. The minimum atomic E-state index is -0.491. The van der Waals surface area contributed by atoms with Crippen molar-refractivity contribution in [1.29, 1.82) is 0 Å². The lowest BCUT2D eigenvalue weighted by atomic mass is 10.2. The Bertz CT molecular complexity index is 632. The number of rotatable bonds is 4. The van der Waals surface area contributed by atoms with Crippen LogP contribution < -0.4 is 10.6 Å². The number of amides is 1. The van der Waals surface area contributed by atoms with Crippen LogP contribution in [0.1, 0.15) is 11.9 Å². The van der Waals surface area contributed by atoms with Gasteiger partial charge in [0.05, 0.1) is 10.7 Å². The molecule has 2 aromatic rings. The quantitative estimate of drug-likeness (QED) is 0.898. The highest BCUT2D eigenvalue weighted by Crippen LogP contribution is 2.26. The zero-order valence-electron chi connectivity index (χ0n) is 10.8. The molecule has 8 heteroatoms. The molecule has 20 heavy (non-hydrogen) atoms. The lowest BCUT2D eigenvalue weighted by molar-refractivity contribution is -0.116. The minimum Gasteiger partial charge on any atom is -0.373 e. The van der Waals surface area contributed by atoms with Crippen molar-refractivity contribution in [3.8, 4) is 0 Å². The Hall–Kier alpha value is -1.37. The van der Waals surface area contributed by atoms with Gasteiger partial charge in [-0.25, -0.2) is 0 Å². The summed E-state index contributed by atoms with van der Waals surface area (Å²) in [7, 11) is 0. The molecule has 1 aromatic heterocycles. The van der Waals surface area contributed by atoms with Crippen molar-refractivity contribution >= 4 is 51.3 Å². The van der Waals surface area contributed by atoms with Gasteiger partial charge >= 0.3 is 0 Å². The fraction of sp³-hybridized carbons (Fsp3) is 0.250. The Morgan fingerprint density at radius 3 is 2.75 bits per heavy atom. The van der Waals surface area contributed by atoms with Gasteiger partial charge in [-0.05, 0) is 32.0 Å². The van der Waals surface area contributed by atoms with E-state index in [2.05, 4.69) is 20.8 Å². The zero-order valence-corrected chi connectivity index (χ0v) is 13.1. The van der Waals surface area contributed by atoms with E-state index in [0.717, 1.165) is 5.01 Å². The monoisotopic (exact) mass is 330 g/mol. The first-order valence-corrected chi connectivity index (χ1v) is 7.35. The number of aromatic nitrogens is 2. The van der Waals surface area contributed by atoms with Gasteiger partial charge < -0.3 is 5.32 Å². The van der Waals surface area contributed by atoms with Crippen LogP contribution in [0.3, 0.4) is 0 Å². The maximum absolute atomic E-state index is 12.0. The van der Waals surface area contributed by atoms with Crippen LogP contribution in [0, 0.1) is 6.92 Å². The van der Waals surface area contributed by atoms with Gasteiger partial charge in [0.1, 0.15) is 11.0 Å². The molecule has 2 N–H and O–H groups in total. The second kappa shape index (κ2) is 6.39. The first-order chi connectivity index (χ1) is 9.45. The molecule has 5 nitrogen and oxygen atoms in total. The largest absolute Gasteiger partial charge is 0.373 e. The normalized spacial score (nSPS) is 12.0. The molecule has 1 aromatic carbocycles. The van der Waals surface area contributed by atoms with E-state index in [0.29, 0.717) is 20.9 Å². The summed E-state index contributed by atoms with van der Waals surface area (Å²) in [5.41, 5.74) is 0.607. The Morgan fingerprint density at radius 1 is 1.35 bits per heavy atom. The zero-order chi connectivity index (χ0) is 14.7. The number of nitrogens with one attached hydrogen (secondary N) is 2. The third-order valence-electron chi connectivity index (χ3n) is 2.45. The van der Waals surface area contributed by atoms with E-state index in [4.69, 9.17) is 23.2 Å². The van der Waals surface area contributed by atoms with E-state index in [1.807, 2.05) is 6.92 Å². The second-order valence-corrected chi connectivity index (χ2v) is 6.13. The number of halogens is 2. The van der Waals surface area contributed by atoms with E-state index >= 15 is 0 Å².